The van der Waals surface area contributed by atoms with Crippen LogP contribution in [0.3, 0.4) is 0 Å². The second-order valence-corrected chi connectivity index (χ2v) is 6.80. The second-order valence-electron chi connectivity index (χ2n) is 5.24. The third-order valence-corrected chi connectivity index (χ3v) is 4.60. The Morgan fingerprint density at radius 1 is 1.38 bits per heavy atom. The molecule has 0 unspecified atom stereocenters. The number of primary sulfonamides is 1. The van der Waals surface area contributed by atoms with E-state index in [-0.39, 0.29) is 16.7 Å². The van der Waals surface area contributed by atoms with Crippen molar-refractivity contribution in [3.63, 3.8) is 0 Å². The highest BCUT2D eigenvalue weighted by molar-refractivity contribution is 7.89. The molecule has 3 N–H and O–H groups in total. The van der Waals surface area contributed by atoms with E-state index >= 15 is 0 Å². The Morgan fingerprint density at radius 3 is 2.62 bits per heavy atom. The van der Waals surface area contributed by atoms with Gasteiger partial charge in [0, 0.05) is 25.7 Å². The van der Waals surface area contributed by atoms with Crippen molar-refractivity contribution in [2.75, 3.05) is 13.2 Å². The third kappa shape index (κ3) is 4.26. The third-order valence-electron chi connectivity index (χ3n) is 3.69. The zero-order valence-electron chi connectivity index (χ0n) is 12.0. The molecule has 1 aromatic carbocycles. The first kappa shape index (κ1) is 15.9. The molecule has 0 radical (unpaired) electrons. The largest absolute Gasteiger partial charge is 0.381 e. The van der Waals surface area contributed by atoms with Crippen molar-refractivity contribution >= 4 is 15.9 Å². The Labute approximate surface area is 124 Å². The van der Waals surface area contributed by atoms with Crippen LogP contribution in [0.5, 0.6) is 0 Å². The van der Waals surface area contributed by atoms with E-state index in [1.165, 1.54) is 12.1 Å². The van der Waals surface area contributed by atoms with Crippen molar-refractivity contribution in [2.45, 2.75) is 31.2 Å². The molecule has 21 heavy (non-hydrogen) atoms. The first-order chi connectivity index (χ1) is 9.88. The maximum absolute atomic E-state index is 12.0. The summed E-state index contributed by atoms with van der Waals surface area (Å²) >= 11 is 0. The van der Waals surface area contributed by atoms with Crippen LogP contribution in [0.2, 0.25) is 0 Å². The molecule has 2 rings (SSSR count). The first-order valence-corrected chi connectivity index (χ1v) is 8.40. The van der Waals surface area contributed by atoms with E-state index in [9.17, 15) is 13.2 Å². The van der Waals surface area contributed by atoms with Gasteiger partial charge >= 0.3 is 0 Å². The maximum atomic E-state index is 12.0. The van der Waals surface area contributed by atoms with Crippen molar-refractivity contribution in [3.8, 4) is 0 Å². The van der Waals surface area contributed by atoms with Crippen molar-refractivity contribution in [3.05, 3.63) is 29.3 Å². The van der Waals surface area contributed by atoms with E-state index in [0.29, 0.717) is 19.8 Å². The Morgan fingerprint density at radius 2 is 2.05 bits per heavy atom. The molecular weight excluding hydrogens is 292 g/mol. The van der Waals surface area contributed by atoms with E-state index in [2.05, 4.69) is 5.32 Å². The zero-order chi connectivity index (χ0) is 15.5. The van der Waals surface area contributed by atoms with Crippen molar-refractivity contribution in [1.82, 2.24) is 5.32 Å². The Kier molecular flexibility index (Phi) is 4.97. The van der Waals surface area contributed by atoms with Crippen molar-refractivity contribution < 1.29 is 17.9 Å². The monoisotopic (exact) mass is 312 g/mol. The summed E-state index contributed by atoms with van der Waals surface area (Å²) in [6.07, 6.45) is 1.49. The van der Waals surface area contributed by atoms with Gasteiger partial charge in [-0.15, -0.1) is 0 Å². The van der Waals surface area contributed by atoms with Crippen molar-refractivity contribution in [2.24, 2.45) is 11.1 Å². The van der Waals surface area contributed by atoms with Gasteiger partial charge in [0.25, 0.3) is 0 Å². The minimum Gasteiger partial charge on any atom is -0.381 e. The van der Waals surface area contributed by atoms with E-state index in [4.69, 9.17) is 9.88 Å². The molecule has 1 aliphatic rings. The van der Waals surface area contributed by atoms with Gasteiger partial charge in [-0.1, -0.05) is 6.07 Å². The van der Waals surface area contributed by atoms with Gasteiger partial charge in [-0.25, -0.2) is 13.6 Å². The number of nitrogens with one attached hydrogen (secondary N) is 1. The highest BCUT2D eigenvalue weighted by atomic mass is 32.2. The molecule has 0 bridgehead atoms. The molecule has 1 aliphatic heterocycles. The predicted molar refractivity (Wildman–Crippen MR) is 77.9 cm³/mol. The lowest BCUT2D eigenvalue weighted by Gasteiger charge is -2.21. The lowest BCUT2D eigenvalue weighted by Crippen LogP contribution is -2.34. The Hall–Kier alpha value is -1.44. The summed E-state index contributed by atoms with van der Waals surface area (Å²) in [6.45, 7) is 3.43. The SMILES string of the molecule is Cc1cc(S(N)(=O)=O)ccc1CNC(=O)C1CCOCC1. The fourth-order valence-electron chi connectivity index (χ4n) is 2.33. The minimum absolute atomic E-state index is 0.00255. The van der Waals surface area contributed by atoms with Crippen LogP contribution in [0.1, 0.15) is 24.0 Å². The van der Waals surface area contributed by atoms with E-state index in [1.54, 1.807) is 13.0 Å². The molecule has 0 aliphatic carbocycles. The molecule has 1 amide bonds. The smallest absolute Gasteiger partial charge is 0.238 e. The number of carbonyl (C=O) groups is 1. The van der Waals surface area contributed by atoms with Gasteiger partial charge in [-0.05, 0) is 43.0 Å². The number of rotatable bonds is 4. The molecule has 0 atom stereocenters. The van der Waals surface area contributed by atoms with E-state index in [1.807, 2.05) is 0 Å². The number of nitrogens with two attached hydrogens (primary N) is 1. The van der Waals surface area contributed by atoms with Crippen LogP contribution in [-0.2, 0) is 26.1 Å². The van der Waals surface area contributed by atoms with Gasteiger partial charge in [0.05, 0.1) is 4.90 Å². The predicted octanol–water partition coefficient (Wildman–Crippen LogP) is 0.685. The molecule has 1 heterocycles. The van der Waals surface area contributed by atoms with Gasteiger partial charge in [0.2, 0.25) is 15.9 Å². The van der Waals surface area contributed by atoms with Crippen LogP contribution in [0.15, 0.2) is 23.1 Å². The quantitative estimate of drug-likeness (QED) is 0.854. The average Bonchev–Trinajstić information content (AvgIpc) is 2.45. The lowest BCUT2D eigenvalue weighted by molar-refractivity contribution is -0.128. The standard InChI is InChI=1S/C14H20N2O4S/c1-10-8-13(21(15,18)19)3-2-12(10)9-16-14(17)11-4-6-20-7-5-11/h2-3,8,11H,4-7,9H2,1H3,(H,16,17)(H2,15,18,19). The number of carbonyl (C=O) groups excluding carboxylic acids is 1. The number of ether oxygens (including phenoxy) is 1. The van der Waals surface area contributed by atoms with Crippen LogP contribution in [0.25, 0.3) is 0 Å². The maximum Gasteiger partial charge on any atom is 0.238 e. The number of aryl methyl sites for hydroxylation is 1. The molecular formula is C14H20N2O4S. The number of amides is 1. The number of sulfonamides is 1. The van der Waals surface area contributed by atoms with Crippen LogP contribution in [-0.4, -0.2) is 27.5 Å². The normalized spacial score (nSPS) is 16.7. The zero-order valence-corrected chi connectivity index (χ0v) is 12.8. The Bertz CT molecular complexity index is 622. The molecule has 1 fully saturated rings. The molecule has 6 nitrogen and oxygen atoms in total. The van der Waals surface area contributed by atoms with Crippen LogP contribution < -0.4 is 10.5 Å². The Balaban J connectivity index is 1.98. The summed E-state index contributed by atoms with van der Waals surface area (Å²) in [5.74, 6) is 0.0240. The summed E-state index contributed by atoms with van der Waals surface area (Å²) < 4.78 is 27.8. The van der Waals surface area contributed by atoms with Crippen LogP contribution in [0.4, 0.5) is 0 Å². The van der Waals surface area contributed by atoms with Gasteiger partial charge < -0.3 is 10.1 Å². The molecule has 0 spiro atoms. The fraction of sp³-hybridized carbons (Fsp3) is 0.500. The van der Waals surface area contributed by atoms with Crippen LogP contribution >= 0.6 is 0 Å². The summed E-state index contributed by atoms with van der Waals surface area (Å²) in [5.41, 5.74) is 1.66. The summed E-state index contributed by atoms with van der Waals surface area (Å²) in [6, 6.07) is 4.66. The molecule has 116 valence electrons. The van der Waals surface area contributed by atoms with Gasteiger partial charge in [-0.3, -0.25) is 4.79 Å². The van der Waals surface area contributed by atoms with Crippen LogP contribution in [0, 0.1) is 12.8 Å². The molecule has 7 heteroatoms. The number of benzene rings is 1. The summed E-state index contributed by atoms with van der Waals surface area (Å²) in [5, 5.41) is 7.98. The highest BCUT2D eigenvalue weighted by Gasteiger charge is 2.21. The summed E-state index contributed by atoms with van der Waals surface area (Å²) in [4.78, 5) is 12.1. The number of hydrogen-bond donors (Lipinski definition) is 2. The molecule has 0 aromatic heterocycles. The van der Waals surface area contributed by atoms with E-state index in [0.717, 1.165) is 24.0 Å². The van der Waals surface area contributed by atoms with E-state index < -0.39 is 10.0 Å². The molecule has 1 aromatic rings. The van der Waals surface area contributed by atoms with Gasteiger partial charge in [0.1, 0.15) is 0 Å². The minimum atomic E-state index is -3.69. The topological polar surface area (TPSA) is 98.5 Å². The first-order valence-electron chi connectivity index (χ1n) is 6.85. The second kappa shape index (κ2) is 6.55. The molecule has 0 saturated carbocycles. The molecule has 1 saturated heterocycles. The van der Waals surface area contributed by atoms with Crippen molar-refractivity contribution in [1.29, 1.82) is 0 Å². The average molecular weight is 312 g/mol. The van der Waals surface area contributed by atoms with Gasteiger partial charge in [0.15, 0.2) is 0 Å². The number of hydrogen-bond acceptors (Lipinski definition) is 4. The highest BCUT2D eigenvalue weighted by Crippen LogP contribution is 2.17. The summed E-state index contributed by atoms with van der Waals surface area (Å²) in [7, 11) is -3.69. The lowest BCUT2D eigenvalue weighted by atomic mass is 9.99. The fourth-order valence-corrected chi connectivity index (χ4v) is 2.93. The van der Waals surface area contributed by atoms with Gasteiger partial charge in [-0.2, -0.15) is 0 Å².